The van der Waals surface area contributed by atoms with Crippen molar-refractivity contribution in [1.29, 1.82) is 0 Å². The Kier molecular flexibility index (Phi) is 7.53. The number of halogens is 1. The summed E-state index contributed by atoms with van der Waals surface area (Å²) in [6.45, 7) is 5.38. The maximum absolute atomic E-state index is 12.7. The third-order valence-electron chi connectivity index (χ3n) is 5.26. The first-order valence-corrected chi connectivity index (χ1v) is 11.2. The molecular formula is C24H28BrNO4. The molecule has 3 rings (SSSR count). The van der Waals surface area contributed by atoms with E-state index in [0.717, 1.165) is 45.3 Å². The van der Waals surface area contributed by atoms with Gasteiger partial charge in [0.25, 0.3) is 0 Å². The lowest BCUT2D eigenvalue weighted by molar-refractivity contribution is -0.142. The van der Waals surface area contributed by atoms with Crippen LogP contribution in [0, 0.1) is 5.92 Å². The van der Waals surface area contributed by atoms with E-state index in [0.29, 0.717) is 19.7 Å². The number of amides is 1. The summed E-state index contributed by atoms with van der Waals surface area (Å²) >= 11 is 3.56. The first-order valence-electron chi connectivity index (χ1n) is 10.4. The van der Waals surface area contributed by atoms with Gasteiger partial charge in [0.1, 0.15) is 5.75 Å². The second-order valence-corrected chi connectivity index (χ2v) is 8.36. The Hall–Kier alpha value is -2.34. The number of methoxy groups -OCH3 is 1. The van der Waals surface area contributed by atoms with E-state index < -0.39 is 0 Å². The van der Waals surface area contributed by atoms with Gasteiger partial charge >= 0.3 is 5.97 Å². The van der Waals surface area contributed by atoms with Crippen LogP contribution in [0.4, 0.5) is 0 Å². The number of nitrogens with zero attached hydrogens (tertiary/aromatic N) is 1. The Morgan fingerprint density at radius 2 is 1.87 bits per heavy atom. The Balaban J connectivity index is 1.97. The second-order valence-electron chi connectivity index (χ2n) is 7.44. The van der Waals surface area contributed by atoms with Crippen molar-refractivity contribution in [2.75, 3.05) is 20.3 Å². The first kappa shape index (κ1) is 22.3. The van der Waals surface area contributed by atoms with Crippen LogP contribution < -0.4 is 4.74 Å². The summed E-state index contributed by atoms with van der Waals surface area (Å²) in [5.74, 6) is 0.883. The third-order valence-corrected chi connectivity index (χ3v) is 5.75. The van der Waals surface area contributed by atoms with Crippen molar-refractivity contribution in [1.82, 2.24) is 4.90 Å². The number of esters is 1. The van der Waals surface area contributed by atoms with Crippen LogP contribution in [0.2, 0.25) is 0 Å². The summed E-state index contributed by atoms with van der Waals surface area (Å²) in [5.41, 5.74) is 3.78. The first-order chi connectivity index (χ1) is 14.5. The SMILES string of the molecule is CCOC(=O)Cc1ccc(OC)c(-c2ccc(Br)cc2CN(CC)C(=O)C2CC2)c1. The Labute approximate surface area is 186 Å². The van der Waals surface area contributed by atoms with Gasteiger partial charge in [-0.3, -0.25) is 9.59 Å². The number of hydrogen-bond acceptors (Lipinski definition) is 4. The van der Waals surface area contributed by atoms with Gasteiger partial charge in [-0.2, -0.15) is 0 Å². The molecule has 2 aromatic rings. The molecule has 0 heterocycles. The summed E-state index contributed by atoms with van der Waals surface area (Å²) < 4.78 is 11.7. The minimum atomic E-state index is -0.253. The average Bonchev–Trinajstić information content (AvgIpc) is 3.57. The van der Waals surface area contributed by atoms with Crippen molar-refractivity contribution < 1.29 is 19.1 Å². The van der Waals surface area contributed by atoms with E-state index in [1.807, 2.05) is 42.2 Å². The summed E-state index contributed by atoms with van der Waals surface area (Å²) in [6.07, 6.45) is 2.19. The van der Waals surface area contributed by atoms with Crippen molar-refractivity contribution >= 4 is 27.8 Å². The van der Waals surface area contributed by atoms with Crippen molar-refractivity contribution in [2.24, 2.45) is 5.92 Å². The molecule has 0 N–H and O–H groups in total. The van der Waals surface area contributed by atoms with Gasteiger partial charge in [0.2, 0.25) is 5.91 Å². The highest BCUT2D eigenvalue weighted by atomic mass is 79.9. The van der Waals surface area contributed by atoms with Crippen LogP contribution >= 0.6 is 15.9 Å². The van der Waals surface area contributed by atoms with E-state index in [-0.39, 0.29) is 24.2 Å². The average molecular weight is 474 g/mol. The van der Waals surface area contributed by atoms with Crippen LogP contribution in [0.5, 0.6) is 5.75 Å². The number of carbonyl (C=O) groups excluding carboxylic acids is 2. The predicted molar refractivity (Wildman–Crippen MR) is 120 cm³/mol. The molecule has 6 heteroatoms. The molecule has 0 atom stereocenters. The van der Waals surface area contributed by atoms with Gasteiger partial charge < -0.3 is 14.4 Å². The van der Waals surface area contributed by atoms with Gasteiger partial charge in [-0.25, -0.2) is 0 Å². The topological polar surface area (TPSA) is 55.8 Å². The number of rotatable bonds is 9. The third kappa shape index (κ3) is 5.42. The van der Waals surface area contributed by atoms with E-state index in [4.69, 9.17) is 9.47 Å². The molecule has 0 aliphatic heterocycles. The lowest BCUT2D eigenvalue weighted by Gasteiger charge is -2.23. The van der Waals surface area contributed by atoms with Crippen molar-refractivity contribution in [3.05, 3.63) is 52.0 Å². The Morgan fingerprint density at radius 3 is 2.50 bits per heavy atom. The molecule has 1 aliphatic rings. The normalized spacial score (nSPS) is 13.1. The smallest absolute Gasteiger partial charge is 0.310 e. The predicted octanol–water partition coefficient (Wildman–Crippen LogP) is 4.99. The molecule has 0 saturated heterocycles. The summed E-state index contributed by atoms with van der Waals surface area (Å²) in [7, 11) is 1.64. The number of hydrogen-bond donors (Lipinski definition) is 0. The zero-order valence-electron chi connectivity index (χ0n) is 17.7. The molecule has 0 unspecified atom stereocenters. The Bertz CT molecular complexity index is 923. The van der Waals surface area contributed by atoms with Crippen LogP contribution in [0.1, 0.15) is 37.8 Å². The summed E-state index contributed by atoms with van der Waals surface area (Å²) in [5, 5.41) is 0. The van der Waals surface area contributed by atoms with Crippen molar-refractivity contribution in [3.63, 3.8) is 0 Å². The van der Waals surface area contributed by atoms with Crippen LogP contribution in [0.3, 0.4) is 0 Å². The largest absolute Gasteiger partial charge is 0.496 e. The minimum Gasteiger partial charge on any atom is -0.496 e. The standard InChI is InChI=1S/C24H28BrNO4/c1-4-26(24(28)17-7-8-17)15-18-14-19(25)9-10-20(18)21-12-16(6-11-22(21)29-3)13-23(27)30-5-2/h6,9-12,14,17H,4-5,7-8,13,15H2,1-3H3. The molecule has 0 spiro atoms. The molecule has 5 nitrogen and oxygen atoms in total. The van der Waals surface area contributed by atoms with E-state index >= 15 is 0 Å². The van der Waals surface area contributed by atoms with Crippen LogP contribution in [0.25, 0.3) is 11.1 Å². The Morgan fingerprint density at radius 1 is 1.10 bits per heavy atom. The molecule has 0 bridgehead atoms. The fourth-order valence-electron chi connectivity index (χ4n) is 3.55. The summed E-state index contributed by atoms with van der Waals surface area (Å²) in [4.78, 5) is 26.5. The quantitative estimate of drug-likeness (QED) is 0.481. The van der Waals surface area contributed by atoms with Gasteiger partial charge in [-0.05, 0) is 67.6 Å². The molecule has 1 fully saturated rings. The van der Waals surface area contributed by atoms with E-state index in [2.05, 4.69) is 22.0 Å². The van der Waals surface area contributed by atoms with E-state index in [1.165, 1.54) is 0 Å². The van der Waals surface area contributed by atoms with Crippen LogP contribution in [-0.4, -0.2) is 37.0 Å². The zero-order valence-corrected chi connectivity index (χ0v) is 19.3. The van der Waals surface area contributed by atoms with Gasteiger partial charge in [-0.1, -0.05) is 28.1 Å². The lowest BCUT2D eigenvalue weighted by atomic mass is 9.96. The van der Waals surface area contributed by atoms with Crippen LogP contribution in [-0.2, 0) is 27.3 Å². The highest BCUT2D eigenvalue weighted by Crippen LogP contribution is 2.36. The van der Waals surface area contributed by atoms with Gasteiger partial charge in [0.05, 0.1) is 20.1 Å². The molecular weight excluding hydrogens is 446 g/mol. The number of benzene rings is 2. The molecule has 30 heavy (non-hydrogen) atoms. The van der Waals surface area contributed by atoms with Gasteiger partial charge in [0, 0.05) is 29.0 Å². The molecule has 0 radical (unpaired) electrons. The second kappa shape index (κ2) is 10.1. The van der Waals surface area contributed by atoms with E-state index in [9.17, 15) is 9.59 Å². The minimum absolute atomic E-state index is 0.183. The molecule has 1 saturated carbocycles. The fourth-order valence-corrected chi connectivity index (χ4v) is 3.96. The molecule has 0 aromatic heterocycles. The highest BCUT2D eigenvalue weighted by Gasteiger charge is 2.33. The lowest BCUT2D eigenvalue weighted by Crippen LogP contribution is -2.31. The molecule has 1 amide bonds. The summed E-state index contributed by atoms with van der Waals surface area (Å²) in [6, 6.07) is 11.8. The van der Waals surface area contributed by atoms with Crippen LogP contribution in [0.15, 0.2) is 40.9 Å². The van der Waals surface area contributed by atoms with Crippen molar-refractivity contribution in [3.8, 4) is 16.9 Å². The molecule has 160 valence electrons. The maximum atomic E-state index is 12.7. The molecule has 1 aliphatic carbocycles. The zero-order chi connectivity index (χ0) is 21.7. The number of ether oxygens (including phenoxy) is 2. The van der Waals surface area contributed by atoms with Gasteiger partial charge in [-0.15, -0.1) is 0 Å². The van der Waals surface area contributed by atoms with Gasteiger partial charge in [0.15, 0.2) is 0 Å². The fraction of sp³-hybridized carbons (Fsp3) is 0.417. The van der Waals surface area contributed by atoms with Crippen molar-refractivity contribution in [2.45, 2.75) is 39.7 Å². The van der Waals surface area contributed by atoms with E-state index in [1.54, 1.807) is 14.0 Å². The maximum Gasteiger partial charge on any atom is 0.310 e. The highest BCUT2D eigenvalue weighted by molar-refractivity contribution is 9.10. The molecule has 2 aromatic carbocycles. The number of carbonyl (C=O) groups is 2. The monoisotopic (exact) mass is 473 g/mol.